The molecule has 3 aromatic rings. The van der Waals surface area contributed by atoms with Gasteiger partial charge in [-0.05, 0) is 56.8 Å². The maximum absolute atomic E-state index is 12.5. The second-order valence-corrected chi connectivity index (χ2v) is 11.9. The first-order chi connectivity index (χ1) is 20.4. The van der Waals surface area contributed by atoms with E-state index in [1.165, 1.54) is 22.5 Å². The summed E-state index contributed by atoms with van der Waals surface area (Å²) in [6.07, 6.45) is 4.64. The quantitative estimate of drug-likeness (QED) is 0.379. The first-order valence-electron chi connectivity index (χ1n) is 14.9. The van der Waals surface area contributed by atoms with Crippen molar-refractivity contribution in [2.75, 3.05) is 56.7 Å². The highest BCUT2D eigenvalue weighted by atomic mass is 16.5. The Balaban J connectivity index is 1.30. The van der Waals surface area contributed by atoms with E-state index >= 15 is 0 Å². The van der Waals surface area contributed by atoms with E-state index in [-0.39, 0.29) is 18.4 Å². The molecule has 9 heteroatoms. The molecule has 1 unspecified atom stereocenters. The SMILES string of the molecule is C=CC(=O)N1CCN(c2nc(OCC3CC(N(C)C)C3)nc3c2CCN(c2cccc4ccccc24)C3)CC1CC#N. The molecule has 1 saturated carbocycles. The number of fused-ring (bicyclic) bond motifs is 2. The van der Waals surface area contributed by atoms with Gasteiger partial charge in [0, 0.05) is 48.9 Å². The summed E-state index contributed by atoms with van der Waals surface area (Å²) in [6.45, 7) is 7.46. The summed E-state index contributed by atoms with van der Waals surface area (Å²) in [5.74, 6) is 1.24. The standard InChI is InChI=1S/C33H39N7O2/c1-4-31(41)40-17-16-39(20-25(40)12-14-34)32-28-13-15-38(30-11-7-9-24-8-5-6-10-27(24)30)21-29(28)35-33(36-32)42-22-23-18-26(19-23)37(2)3/h4-11,23,25-26H,1,12-13,15-22H2,2-3H3. The number of hydrogen-bond acceptors (Lipinski definition) is 8. The van der Waals surface area contributed by atoms with Crippen molar-refractivity contribution >= 4 is 28.2 Å². The van der Waals surface area contributed by atoms with E-state index in [1.54, 1.807) is 4.90 Å². The first-order valence-corrected chi connectivity index (χ1v) is 14.9. The number of piperazine rings is 1. The Bertz CT molecular complexity index is 1500. The molecule has 3 heterocycles. The molecule has 6 rings (SSSR count). The Labute approximate surface area is 248 Å². The molecule has 9 nitrogen and oxygen atoms in total. The van der Waals surface area contributed by atoms with Gasteiger partial charge in [0.2, 0.25) is 5.91 Å². The van der Waals surface area contributed by atoms with Crippen LogP contribution in [0.5, 0.6) is 6.01 Å². The number of amides is 1. The van der Waals surface area contributed by atoms with E-state index in [9.17, 15) is 10.1 Å². The zero-order chi connectivity index (χ0) is 29.2. The second kappa shape index (κ2) is 12.0. The molecule has 2 aliphatic heterocycles. The van der Waals surface area contributed by atoms with Crippen LogP contribution >= 0.6 is 0 Å². The van der Waals surface area contributed by atoms with Crippen molar-refractivity contribution in [3.63, 3.8) is 0 Å². The average Bonchev–Trinajstić information content (AvgIpc) is 2.99. The van der Waals surface area contributed by atoms with Gasteiger partial charge in [0.15, 0.2) is 0 Å². The second-order valence-electron chi connectivity index (χ2n) is 11.9. The molecular weight excluding hydrogens is 526 g/mol. The predicted molar refractivity (Wildman–Crippen MR) is 165 cm³/mol. The van der Waals surface area contributed by atoms with Gasteiger partial charge in [0.25, 0.3) is 0 Å². The van der Waals surface area contributed by atoms with Gasteiger partial charge in [-0.25, -0.2) is 0 Å². The summed E-state index contributed by atoms with van der Waals surface area (Å²) < 4.78 is 6.28. The molecule has 1 saturated heterocycles. The van der Waals surface area contributed by atoms with Crippen LogP contribution in [0.25, 0.3) is 10.8 Å². The average molecular weight is 566 g/mol. The summed E-state index contributed by atoms with van der Waals surface area (Å²) in [5, 5.41) is 12.0. The molecule has 0 radical (unpaired) electrons. The van der Waals surface area contributed by atoms with Crippen LogP contribution < -0.4 is 14.5 Å². The minimum atomic E-state index is -0.224. The Morgan fingerprint density at radius 2 is 1.93 bits per heavy atom. The molecule has 1 amide bonds. The Hall–Kier alpha value is -4.16. The highest BCUT2D eigenvalue weighted by Gasteiger charge is 2.34. The van der Waals surface area contributed by atoms with E-state index < -0.39 is 0 Å². The summed E-state index contributed by atoms with van der Waals surface area (Å²) in [7, 11) is 4.26. The van der Waals surface area contributed by atoms with Gasteiger partial charge in [-0.3, -0.25) is 4.79 Å². The number of carbonyl (C=O) groups excluding carboxylic acids is 1. The number of anilines is 2. The van der Waals surface area contributed by atoms with Crippen LogP contribution in [0.4, 0.5) is 11.5 Å². The van der Waals surface area contributed by atoms with Gasteiger partial charge in [0.1, 0.15) is 5.82 Å². The van der Waals surface area contributed by atoms with Gasteiger partial charge in [0.05, 0.1) is 37.4 Å². The van der Waals surface area contributed by atoms with Crippen molar-refractivity contribution in [1.82, 2.24) is 19.8 Å². The molecule has 0 spiro atoms. The topological polar surface area (TPSA) is 88.8 Å². The number of rotatable bonds is 8. The van der Waals surface area contributed by atoms with Crippen molar-refractivity contribution in [3.8, 4) is 12.1 Å². The minimum absolute atomic E-state index is 0.133. The lowest BCUT2D eigenvalue weighted by molar-refractivity contribution is -0.128. The third kappa shape index (κ3) is 5.51. The molecule has 42 heavy (non-hydrogen) atoms. The molecule has 0 N–H and O–H groups in total. The van der Waals surface area contributed by atoms with Crippen molar-refractivity contribution in [3.05, 3.63) is 66.4 Å². The van der Waals surface area contributed by atoms with Gasteiger partial charge in [-0.2, -0.15) is 15.2 Å². The maximum atomic E-state index is 12.5. The third-order valence-electron chi connectivity index (χ3n) is 9.09. The Kier molecular flexibility index (Phi) is 7.98. The molecule has 2 aromatic carbocycles. The monoisotopic (exact) mass is 565 g/mol. The fourth-order valence-electron chi connectivity index (χ4n) is 6.59. The zero-order valence-corrected chi connectivity index (χ0v) is 24.6. The number of ether oxygens (including phenoxy) is 1. The van der Waals surface area contributed by atoms with Gasteiger partial charge in [-0.1, -0.05) is 43.0 Å². The molecule has 1 aliphatic carbocycles. The fourth-order valence-corrected chi connectivity index (χ4v) is 6.59. The number of carbonyl (C=O) groups is 1. The first kappa shape index (κ1) is 28.0. The zero-order valence-electron chi connectivity index (χ0n) is 24.6. The largest absolute Gasteiger partial charge is 0.463 e. The van der Waals surface area contributed by atoms with E-state index in [2.05, 4.69) is 83.9 Å². The van der Waals surface area contributed by atoms with E-state index in [0.29, 0.717) is 50.8 Å². The number of hydrogen-bond donors (Lipinski definition) is 0. The fraction of sp³-hybridized carbons (Fsp3) is 0.455. The Morgan fingerprint density at radius 3 is 2.71 bits per heavy atom. The van der Waals surface area contributed by atoms with Gasteiger partial charge in [-0.15, -0.1) is 0 Å². The lowest BCUT2D eigenvalue weighted by Crippen LogP contribution is -2.55. The summed E-state index contributed by atoms with van der Waals surface area (Å²) in [5.41, 5.74) is 3.32. The lowest BCUT2D eigenvalue weighted by atomic mass is 9.80. The van der Waals surface area contributed by atoms with Crippen LogP contribution in [0.3, 0.4) is 0 Å². The minimum Gasteiger partial charge on any atom is -0.463 e. The molecule has 3 aliphatic rings. The van der Waals surface area contributed by atoms with Crippen molar-refractivity contribution in [2.24, 2.45) is 5.92 Å². The number of nitriles is 1. The summed E-state index contributed by atoms with van der Waals surface area (Å²) in [4.78, 5) is 31.1. The normalized spacial score (nSPS) is 22.0. The lowest BCUT2D eigenvalue weighted by Gasteiger charge is -2.42. The molecule has 1 aromatic heterocycles. The van der Waals surface area contributed by atoms with Crippen LogP contribution in [-0.4, -0.2) is 84.6 Å². The van der Waals surface area contributed by atoms with Crippen LogP contribution in [-0.2, 0) is 17.8 Å². The van der Waals surface area contributed by atoms with Gasteiger partial charge < -0.3 is 24.3 Å². The van der Waals surface area contributed by atoms with Crippen molar-refractivity contribution in [1.29, 1.82) is 5.26 Å². The van der Waals surface area contributed by atoms with E-state index in [4.69, 9.17) is 14.7 Å². The molecule has 2 fully saturated rings. The van der Waals surface area contributed by atoms with Crippen molar-refractivity contribution < 1.29 is 9.53 Å². The number of benzene rings is 2. The number of aromatic nitrogens is 2. The maximum Gasteiger partial charge on any atom is 0.318 e. The molecule has 218 valence electrons. The summed E-state index contributed by atoms with van der Waals surface area (Å²) in [6, 6.07) is 18.0. The van der Waals surface area contributed by atoms with Crippen LogP contribution in [0.15, 0.2) is 55.1 Å². The molecule has 1 atom stereocenters. The van der Waals surface area contributed by atoms with E-state index in [1.807, 2.05) is 0 Å². The number of nitrogens with zero attached hydrogens (tertiary/aromatic N) is 7. The van der Waals surface area contributed by atoms with Crippen molar-refractivity contribution in [2.45, 2.75) is 44.3 Å². The van der Waals surface area contributed by atoms with E-state index in [0.717, 1.165) is 42.9 Å². The predicted octanol–water partition coefficient (Wildman–Crippen LogP) is 4.03. The molecule has 0 bridgehead atoms. The van der Waals surface area contributed by atoms with Crippen LogP contribution in [0, 0.1) is 17.2 Å². The van der Waals surface area contributed by atoms with Gasteiger partial charge >= 0.3 is 6.01 Å². The third-order valence-corrected chi connectivity index (χ3v) is 9.09. The Morgan fingerprint density at radius 1 is 1.12 bits per heavy atom. The smallest absolute Gasteiger partial charge is 0.318 e. The highest BCUT2D eigenvalue weighted by molar-refractivity contribution is 5.94. The van der Waals surface area contributed by atoms with Crippen LogP contribution in [0.1, 0.15) is 30.5 Å². The van der Waals surface area contributed by atoms with Crippen LogP contribution in [0.2, 0.25) is 0 Å². The molecular formula is C33H39N7O2. The summed E-state index contributed by atoms with van der Waals surface area (Å²) >= 11 is 0. The highest BCUT2D eigenvalue weighted by Crippen LogP contribution is 2.36.